The van der Waals surface area contributed by atoms with Gasteiger partial charge in [-0.25, -0.2) is 0 Å². The fourth-order valence-corrected chi connectivity index (χ4v) is 2.69. The summed E-state index contributed by atoms with van der Waals surface area (Å²) in [6, 6.07) is 6.77. The summed E-state index contributed by atoms with van der Waals surface area (Å²) in [5.74, 6) is 1.57. The molecule has 0 bridgehead atoms. The lowest BCUT2D eigenvalue weighted by Gasteiger charge is -2.36. The van der Waals surface area contributed by atoms with Gasteiger partial charge in [0.25, 0.3) is 0 Å². The number of nitrogens with zero attached hydrogens (tertiary/aromatic N) is 2. The SMILES string of the molecule is COc1ccc(C=NN2C(C)CCCC2C)c(OC)c1. The predicted octanol–water partition coefficient (Wildman–Crippen LogP) is 3.30. The minimum Gasteiger partial charge on any atom is -0.497 e. The zero-order valence-corrected chi connectivity index (χ0v) is 12.8. The Kier molecular flexibility index (Phi) is 4.88. The van der Waals surface area contributed by atoms with Crippen molar-refractivity contribution >= 4 is 6.21 Å². The van der Waals surface area contributed by atoms with Crippen LogP contribution in [0.3, 0.4) is 0 Å². The molecular formula is C16H24N2O2. The number of hydrazone groups is 1. The van der Waals surface area contributed by atoms with E-state index in [-0.39, 0.29) is 0 Å². The highest BCUT2D eigenvalue weighted by Crippen LogP contribution is 2.25. The Hall–Kier alpha value is -1.71. The third kappa shape index (κ3) is 3.24. The van der Waals surface area contributed by atoms with Crippen molar-refractivity contribution in [1.29, 1.82) is 0 Å². The highest BCUT2D eigenvalue weighted by molar-refractivity contribution is 5.83. The van der Waals surface area contributed by atoms with Gasteiger partial charge in [-0.05, 0) is 45.2 Å². The molecule has 110 valence electrons. The largest absolute Gasteiger partial charge is 0.497 e. The second-order valence-electron chi connectivity index (χ2n) is 5.36. The number of rotatable bonds is 4. The van der Waals surface area contributed by atoms with Crippen LogP contribution in [0, 0.1) is 0 Å². The maximum Gasteiger partial charge on any atom is 0.131 e. The average molecular weight is 276 g/mol. The molecule has 1 saturated heterocycles. The minimum absolute atomic E-state index is 0.499. The summed E-state index contributed by atoms with van der Waals surface area (Å²) in [6.07, 6.45) is 5.60. The maximum atomic E-state index is 5.39. The maximum absolute atomic E-state index is 5.39. The van der Waals surface area contributed by atoms with Crippen LogP contribution in [0.25, 0.3) is 0 Å². The van der Waals surface area contributed by atoms with Crippen LogP contribution in [-0.2, 0) is 0 Å². The van der Waals surface area contributed by atoms with E-state index in [0.29, 0.717) is 12.1 Å². The highest BCUT2D eigenvalue weighted by Gasteiger charge is 2.22. The van der Waals surface area contributed by atoms with Crippen molar-refractivity contribution in [1.82, 2.24) is 5.01 Å². The topological polar surface area (TPSA) is 34.1 Å². The van der Waals surface area contributed by atoms with Crippen molar-refractivity contribution in [3.8, 4) is 11.5 Å². The number of hydrogen-bond donors (Lipinski definition) is 0. The first-order valence-corrected chi connectivity index (χ1v) is 7.20. The third-order valence-electron chi connectivity index (χ3n) is 3.92. The van der Waals surface area contributed by atoms with Crippen LogP contribution >= 0.6 is 0 Å². The number of methoxy groups -OCH3 is 2. The molecule has 0 saturated carbocycles. The van der Waals surface area contributed by atoms with E-state index in [1.54, 1.807) is 14.2 Å². The standard InChI is InChI=1S/C16H24N2O2/c1-12-6-5-7-13(2)18(12)17-11-14-8-9-15(19-3)10-16(14)20-4/h8-13H,5-7H2,1-4H3. The molecule has 0 aromatic heterocycles. The van der Waals surface area contributed by atoms with Gasteiger partial charge in [0.05, 0.1) is 20.4 Å². The Morgan fingerprint density at radius 1 is 1.15 bits per heavy atom. The zero-order valence-electron chi connectivity index (χ0n) is 12.8. The Balaban J connectivity index is 2.17. The van der Waals surface area contributed by atoms with Crippen molar-refractivity contribution in [3.05, 3.63) is 23.8 Å². The molecule has 0 amide bonds. The summed E-state index contributed by atoms with van der Waals surface area (Å²) >= 11 is 0. The van der Waals surface area contributed by atoms with Crippen LogP contribution < -0.4 is 9.47 Å². The number of hydrogen-bond acceptors (Lipinski definition) is 4. The predicted molar refractivity (Wildman–Crippen MR) is 81.8 cm³/mol. The number of ether oxygens (including phenoxy) is 2. The van der Waals surface area contributed by atoms with E-state index in [1.807, 2.05) is 24.4 Å². The van der Waals surface area contributed by atoms with E-state index in [4.69, 9.17) is 9.47 Å². The average Bonchev–Trinajstić information content (AvgIpc) is 2.46. The lowest BCUT2D eigenvalue weighted by Crippen LogP contribution is -2.39. The fourth-order valence-electron chi connectivity index (χ4n) is 2.69. The van der Waals surface area contributed by atoms with E-state index in [9.17, 15) is 0 Å². The van der Waals surface area contributed by atoms with Gasteiger partial charge in [-0.15, -0.1) is 0 Å². The number of benzene rings is 1. The number of piperidine rings is 1. The third-order valence-corrected chi connectivity index (χ3v) is 3.92. The first kappa shape index (κ1) is 14.7. The van der Waals surface area contributed by atoms with Crippen molar-refractivity contribution < 1.29 is 9.47 Å². The monoisotopic (exact) mass is 276 g/mol. The smallest absolute Gasteiger partial charge is 0.131 e. The van der Waals surface area contributed by atoms with Gasteiger partial charge in [0.15, 0.2) is 0 Å². The van der Waals surface area contributed by atoms with Gasteiger partial charge in [-0.1, -0.05) is 0 Å². The Bertz CT molecular complexity index is 464. The van der Waals surface area contributed by atoms with Crippen LogP contribution in [0.1, 0.15) is 38.7 Å². The zero-order chi connectivity index (χ0) is 14.5. The van der Waals surface area contributed by atoms with Gasteiger partial charge >= 0.3 is 0 Å². The first-order valence-electron chi connectivity index (χ1n) is 7.20. The molecule has 2 rings (SSSR count). The molecule has 2 unspecified atom stereocenters. The van der Waals surface area contributed by atoms with Crippen LogP contribution in [0.15, 0.2) is 23.3 Å². The normalized spacial score (nSPS) is 23.1. The van der Waals surface area contributed by atoms with Crippen LogP contribution in [0.4, 0.5) is 0 Å². The molecule has 20 heavy (non-hydrogen) atoms. The molecule has 4 nitrogen and oxygen atoms in total. The summed E-state index contributed by atoms with van der Waals surface area (Å²) in [4.78, 5) is 0. The van der Waals surface area contributed by atoms with E-state index < -0.39 is 0 Å². The molecule has 1 fully saturated rings. The Morgan fingerprint density at radius 3 is 2.45 bits per heavy atom. The fraction of sp³-hybridized carbons (Fsp3) is 0.562. The molecule has 0 radical (unpaired) electrons. The second-order valence-corrected chi connectivity index (χ2v) is 5.36. The molecule has 0 N–H and O–H groups in total. The molecule has 0 spiro atoms. The van der Waals surface area contributed by atoms with Crippen LogP contribution in [0.5, 0.6) is 11.5 Å². The molecule has 1 heterocycles. The lowest BCUT2D eigenvalue weighted by molar-refractivity contribution is 0.109. The summed E-state index contributed by atoms with van der Waals surface area (Å²) in [6.45, 7) is 4.47. The van der Waals surface area contributed by atoms with Gasteiger partial charge in [0.1, 0.15) is 11.5 Å². The second kappa shape index (κ2) is 6.64. The molecule has 1 aromatic rings. The van der Waals surface area contributed by atoms with Gasteiger partial charge in [0, 0.05) is 23.7 Å². The van der Waals surface area contributed by atoms with Crippen LogP contribution in [0.2, 0.25) is 0 Å². The molecular weight excluding hydrogens is 252 g/mol. The summed E-state index contributed by atoms with van der Waals surface area (Å²) in [7, 11) is 3.32. The Labute approximate surface area is 121 Å². The van der Waals surface area contributed by atoms with E-state index in [0.717, 1.165) is 17.1 Å². The van der Waals surface area contributed by atoms with Gasteiger partial charge in [-0.3, -0.25) is 5.01 Å². The van der Waals surface area contributed by atoms with Crippen molar-refractivity contribution in [2.24, 2.45) is 5.10 Å². The first-order chi connectivity index (χ1) is 9.65. The van der Waals surface area contributed by atoms with E-state index in [1.165, 1.54) is 19.3 Å². The highest BCUT2D eigenvalue weighted by atomic mass is 16.5. The van der Waals surface area contributed by atoms with Crippen molar-refractivity contribution in [2.45, 2.75) is 45.2 Å². The quantitative estimate of drug-likeness (QED) is 0.791. The van der Waals surface area contributed by atoms with Gasteiger partial charge in [-0.2, -0.15) is 5.10 Å². The summed E-state index contributed by atoms with van der Waals surface area (Å²) in [5.41, 5.74) is 0.971. The molecule has 1 aromatic carbocycles. The van der Waals surface area contributed by atoms with Crippen LogP contribution in [-0.4, -0.2) is 37.5 Å². The minimum atomic E-state index is 0.499. The molecule has 4 heteroatoms. The Morgan fingerprint density at radius 2 is 1.85 bits per heavy atom. The molecule has 1 aliphatic rings. The molecule has 2 atom stereocenters. The molecule has 0 aliphatic carbocycles. The van der Waals surface area contributed by atoms with Crippen molar-refractivity contribution in [3.63, 3.8) is 0 Å². The van der Waals surface area contributed by atoms with Gasteiger partial charge in [0.2, 0.25) is 0 Å². The van der Waals surface area contributed by atoms with E-state index in [2.05, 4.69) is 24.0 Å². The van der Waals surface area contributed by atoms with Crippen molar-refractivity contribution in [2.75, 3.05) is 14.2 Å². The van der Waals surface area contributed by atoms with Gasteiger partial charge < -0.3 is 9.47 Å². The lowest BCUT2D eigenvalue weighted by atomic mass is 10.00. The summed E-state index contributed by atoms with van der Waals surface area (Å²) in [5, 5.41) is 6.87. The van der Waals surface area contributed by atoms with E-state index >= 15 is 0 Å². The molecule has 1 aliphatic heterocycles. The summed E-state index contributed by atoms with van der Waals surface area (Å²) < 4.78 is 10.6.